The van der Waals surface area contributed by atoms with Crippen molar-refractivity contribution in [1.29, 1.82) is 0 Å². The summed E-state index contributed by atoms with van der Waals surface area (Å²) >= 11 is 3.49. The fourth-order valence-electron chi connectivity index (χ4n) is 2.54. The number of rotatable bonds is 4. The zero-order valence-corrected chi connectivity index (χ0v) is 11.4. The van der Waals surface area contributed by atoms with Crippen molar-refractivity contribution < 1.29 is 0 Å². The Morgan fingerprint density at radius 1 is 1.21 bits per heavy atom. The molecule has 1 fully saturated rings. The maximum atomic E-state index is 3.49. The first-order valence-corrected chi connectivity index (χ1v) is 7.07. The molecule has 1 saturated heterocycles. The summed E-state index contributed by atoms with van der Waals surface area (Å²) in [5, 5.41) is 1.15. The molecule has 0 aromatic rings. The van der Waals surface area contributed by atoms with Crippen molar-refractivity contribution >= 4 is 15.9 Å². The van der Waals surface area contributed by atoms with Gasteiger partial charge in [-0.1, -0.05) is 29.8 Å². The molecule has 84 valence electrons. The monoisotopic (exact) mass is 261 g/mol. The van der Waals surface area contributed by atoms with Crippen molar-refractivity contribution in [3.8, 4) is 0 Å². The van der Waals surface area contributed by atoms with Crippen LogP contribution >= 0.6 is 15.9 Å². The van der Waals surface area contributed by atoms with Crippen LogP contribution in [0.2, 0.25) is 0 Å². The summed E-state index contributed by atoms with van der Waals surface area (Å²) in [6.07, 6.45) is 4.07. The predicted octanol–water partition coefficient (Wildman–Crippen LogP) is 3.53. The van der Waals surface area contributed by atoms with Crippen LogP contribution in [0.5, 0.6) is 0 Å². The highest BCUT2D eigenvalue weighted by Crippen LogP contribution is 2.26. The van der Waals surface area contributed by atoms with Crippen LogP contribution < -0.4 is 0 Å². The lowest BCUT2D eigenvalue weighted by Gasteiger charge is -2.41. The van der Waals surface area contributed by atoms with Gasteiger partial charge in [-0.15, -0.1) is 0 Å². The van der Waals surface area contributed by atoms with E-state index in [1.54, 1.807) is 0 Å². The van der Waals surface area contributed by atoms with Crippen molar-refractivity contribution in [3.63, 3.8) is 0 Å². The van der Waals surface area contributed by atoms with Crippen LogP contribution in [-0.2, 0) is 0 Å². The predicted molar refractivity (Wildman–Crippen MR) is 67.0 cm³/mol. The first-order chi connectivity index (χ1) is 6.65. The minimum Gasteiger partial charge on any atom is -0.300 e. The second kappa shape index (κ2) is 6.12. The summed E-state index contributed by atoms with van der Waals surface area (Å²) < 4.78 is 0. The summed E-state index contributed by atoms with van der Waals surface area (Å²) in [7, 11) is 0. The molecule has 0 aromatic heterocycles. The molecule has 0 amide bonds. The first kappa shape index (κ1) is 12.5. The Morgan fingerprint density at radius 3 is 2.57 bits per heavy atom. The molecule has 1 heterocycles. The van der Waals surface area contributed by atoms with Crippen molar-refractivity contribution in [2.75, 3.05) is 18.4 Å². The Bertz CT molecular complexity index is 160. The largest absolute Gasteiger partial charge is 0.300 e. The second-order valence-corrected chi connectivity index (χ2v) is 5.74. The van der Waals surface area contributed by atoms with E-state index >= 15 is 0 Å². The SMILES string of the molecule is CC1CC(C)C(C)N(CCCCBr)C1. The Balaban J connectivity index is 2.33. The number of hydrogen-bond donors (Lipinski definition) is 0. The normalized spacial score (nSPS) is 34.7. The van der Waals surface area contributed by atoms with E-state index in [-0.39, 0.29) is 0 Å². The Labute approximate surface area is 97.4 Å². The summed E-state index contributed by atoms with van der Waals surface area (Å²) in [6, 6.07) is 0.793. The number of nitrogens with zero attached hydrogens (tertiary/aromatic N) is 1. The lowest BCUT2D eigenvalue weighted by molar-refractivity contribution is 0.0787. The molecule has 1 rings (SSSR count). The molecular formula is C12H24BrN. The quantitative estimate of drug-likeness (QED) is 0.553. The van der Waals surface area contributed by atoms with Gasteiger partial charge >= 0.3 is 0 Å². The highest BCUT2D eigenvalue weighted by Gasteiger charge is 2.27. The highest BCUT2D eigenvalue weighted by atomic mass is 79.9. The van der Waals surface area contributed by atoms with E-state index in [2.05, 4.69) is 41.6 Å². The van der Waals surface area contributed by atoms with Gasteiger partial charge in [-0.3, -0.25) is 0 Å². The lowest BCUT2D eigenvalue weighted by Crippen LogP contribution is -2.46. The van der Waals surface area contributed by atoms with E-state index in [4.69, 9.17) is 0 Å². The van der Waals surface area contributed by atoms with Crippen LogP contribution in [0.1, 0.15) is 40.0 Å². The van der Waals surface area contributed by atoms with Crippen molar-refractivity contribution in [2.45, 2.75) is 46.1 Å². The molecule has 1 aliphatic heterocycles. The molecule has 2 heteroatoms. The van der Waals surface area contributed by atoms with Crippen molar-refractivity contribution in [2.24, 2.45) is 11.8 Å². The Morgan fingerprint density at radius 2 is 1.93 bits per heavy atom. The molecule has 3 atom stereocenters. The average Bonchev–Trinajstić information content (AvgIpc) is 2.13. The van der Waals surface area contributed by atoms with Crippen LogP contribution in [0.3, 0.4) is 0 Å². The summed E-state index contributed by atoms with van der Waals surface area (Å²) in [5.41, 5.74) is 0. The zero-order chi connectivity index (χ0) is 10.6. The van der Waals surface area contributed by atoms with E-state index in [1.165, 1.54) is 32.4 Å². The van der Waals surface area contributed by atoms with E-state index in [0.29, 0.717) is 0 Å². The van der Waals surface area contributed by atoms with Crippen LogP contribution in [0.25, 0.3) is 0 Å². The highest BCUT2D eigenvalue weighted by molar-refractivity contribution is 9.09. The first-order valence-electron chi connectivity index (χ1n) is 5.95. The number of likely N-dealkylation sites (tertiary alicyclic amines) is 1. The molecule has 0 radical (unpaired) electrons. The smallest absolute Gasteiger partial charge is 0.00927 e. The molecule has 0 bridgehead atoms. The van der Waals surface area contributed by atoms with Crippen LogP contribution in [0, 0.1) is 11.8 Å². The average molecular weight is 262 g/mol. The van der Waals surface area contributed by atoms with Gasteiger partial charge in [0, 0.05) is 17.9 Å². The second-order valence-electron chi connectivity index (χ2n) is 4.95. The molecule has 3 unspecified atom stereocenters. The number of piperidine rings is 1. The summed E-state index contributed by atoms with van der Waals surface area (Å²) in [4.78, 5) is 2.68. The van der Waals surface area contributed by atoms with Gasteiger partial charge in [0.25, 0.3) is 0 Å². The zero-order valence-electron chi connectivity index (χ0n) is 9.80. The fraction of sp³-hybridized carbons (Fsp3) is 1.00. The van der Waals surface area contributed by atoms with Crippen molar-refractivity contribution in [1.82, 2.24) is 4.90 Å². The minimum absolute atomic E-state index is 0.793. The molecule has 1 aliphatic rings. The molecule has 0 aromatic carbocycles. The lowest BCUT2D eigenvalue weighted by atomic mass is 9.86. The molecule has 0 saturated carbocycles. The van der Waals surface area contributed by atoms with Gasteiger partial charge in [0.1, 0.15) is 0 Å². The molecule has 14 heavy (non-hydrogen) atoms. The molecule has 0 spiro atoms. The molecule has 0 aliphatic carbocycles. The summed E-state index contributed by atoms with van der Waals surface area (Å²) in [6.45, 7) is 9.79. The fourth-order valence-corrected chi connectivity index (χ4v) is 2.93. The third-order valence-corrected chi connectivity index (χ3v) is 4.11. The van der Waals surface area contributed by atoms with E-state index in [0.717, 1.165) is 23.2 Å². The molecule has 1 nitrogen and oxygen atoms in total. The Hall–Kier alpha value is 0.440. The number of hydrogen-bond acceptors (Lipinski definition) is 1. The maximum Gasteiger partial charge on any atom is 0.00927 e. The van der Waals surface area contributed by atoms with Crippen LogP contribution in [0.15, 0.2) is 0 Å². The van der Waals surface area contributed by atoms with Gasteiger partial charge in [0.15, 0.2) is 0 Å². The van der Waals surface area contributed by atoms with Gasteiger partial charge in [0.05, 0.1) is 0 Å². The minimum atomic E-state index is 0.793. The van der Waals surface area contributed by atoms with Gasteiger partial charge in [-0.05, 0) is 44.6 Å². The van der Waals surface area contributed by atoms with Crippen LogP contribution in [-0.4, -0.2) is 29.4 Å². The standard InChI is InChI=1S/C12H24BrN/c1-10-8-11(2)12(3)14(9-10)7-5-4-6-13/h10-12H,4-9H2,1-3H3. The summed E-state index contributed by atoms with van der Waals surface area (Å²) in [5.74, 6) is 1.77. The van der Waals surface area contributed by atoms with Gasteiger partial charge in [-0.25, -0.2) is 0 Å². The van der Waals surface area contributed by atoms with Gasteiger partial charge < -0.3 is 4.90 Å². The third kappa shape index (κ3) is 3.54. The molecular weight excluding hydrogens is 238 g/mol. The third-order valence-electron chi connectivity index (χ3n) is 3.55. The number of unbranched alkanes of at least 4 members (excludes halogenated alkanes) is 1. The van der Waals surface area contributed by atoms with Crippen LogP contribution in [0.4, 0.5) is 0 Å². The number of alkyl halides is 1. The van der Waals surface area contributed by atoms with E-state index in [1.807, 2.05) is 0 Å². The van der Waals surface area contributed by atoms with Crippen molar-refractivity contribution in [3.05, 3.63) is 0 Å². The molecule has 0 N–H and O–H groups in total. The van der Waals surface area contributed by atoms with E-state index < -0.39 is 0 Å². The van der Waals surface area contributed by atoms with Gasteiger partial charge in [0.2, 0.25) is 0 Å². The Kier molecular flexibility index (Phi) is 5.47. The van der Waals surface area contributed by atoms with Gasteiger partial charge in [-0.2, -0.15) is 0 Å². The number of halogens is 1. The maximum absolute atomic E-state index is 3.49. The topological polar surface area (TPSA) is 3.24 Å². The van der Waals surface area contributed by atoms with E-state index in [9.17, 15) is 0 Å².